The number of halogens is 1. The summed E-state index contributed by atoms with van der Waals surface area (Å²) in [6.45, 7) is 1.32. The van der Waals surface area contributed by atoms with E-state index in [4.69, 9.17) is 10.2 Å². The van der Waals surface area contributed by atoms with Gasteiger partial charge in [0.1, 0.15) is 5.78 Å². The van der Waals surface area contributed by atoms with Gasteiger partial charge in [0, 0.05) is 6.08 Å². The van der Waals surface area contributed by atoms with E-state index in [1.807, 2.05) is 0 Å². The molecule has 0 spiro atoms. The Hall–Kier alpha value is -1.95. The number of rotatable bonds is 5. The van der Waals surface area contributed by atoms with Gasteiger partial charge in [0.15, 0.2) is 0 Å². The minimum atomic E-state index is -1.17. The Morgan fingerprint density at radius 2 is 1.89 bits per heavy atom. The molecule has 5 nitrogen and oxygen atoms in total. The summed E-state index contributed by atoms with van der Waals surface area (Å²) in [6.07, 6.45) is 2.16. The zero-order valence-electron chi connectivity index (χ0n) is 9.96. The van der Waals surface area contributed by atoms with Crippen molar-refractivity contribution in [2.75, 3.05) is 0 Å². The Kier molecular flexibility index (Phi) is 5.00. The van der Waals surface area contributed by atoms with Gasteiger partial charge in [0.2, 0.25) is 0 Å². The van der Waals surface area contributed by atoms with Crippen LogP contribution in [0.25, 0.3) is 6.08 Å². The van der Waals surface area contributed by atoms with Crippen LogP contribution >= 0.6 is 15.9 Å². The second kappa shape index (κ2) is 6.29. The van der Waals surface area contributed by atoms with Crippen molar-refractivity contribution in [2.24, 2.45) is 0 Å². The Bertz CT molecular complexity index is 562. The summed E-state index contributed by atoms with van der Waals surface area (Å²) in [5.74, 6) is -2.59. The molecule has 1 aromatic rings. The predicted molar refractivity (Wildman–Crippen MR) is 72.4 cm³/mol. The molecule has 2 N–H and O–H groups in total. The number of aromatic carboxylic acids is 1. The van der Waals surface area contributed by atoms with Gasteiger partial charge in [-0.1, -0.05) is 28.1 Å². The van der Waals surface area contributed by atoms with Gasteiger partial charge in [-0.25, -0.2) is 9.59 Å². The van der Waals surface area contributed by atoms with E-state index in [0.29, 0.717) is 5.56 Å². The zero-order valence-corrected chi connectivity index (χ0v) is 11.5. The van der Waals surface area contributed by atoms with E-state index in [0.717, 1.165) is 6.08 Å². The fraction of sp³-hybridized carbons (Fsp3) is 0.154. The summed E-state index contributed by atoms with van der Waals surface area (Å²) in [7, 11) is 0. The number of carbonyl (C=O) groups is 3. The molecular formula is C13H11BrO5. The molecule has 1 aromatic carbocycles. The standard InChI is InChI=1S/C13H11BrO5/c1-7(15)12(14)11-8(5-6-10(16)17)3-2-4-9(11)13(18)19/h2-6,12H,1H3,(H,16,17)(H,18,19). The number of ketones is 1. The summed E-state index contributed by atoms with van der Waals surface area (Å²) in [6, 6.07) is 4.42. The lowest BCUT2D eigenvalue weighted by molar-refractivity contribution is -0.131. The molecule has 0 bridgehead atoms. The number of hydrogen-bond acceptors (Lipinski definition) is 3. The summed E-state index contributed by atoms with van der Waals surface area (Å²) >= 11 is 3.13. The first-order valence-corrected chi connectivity index (χ1v) is 6.18. The monoisotopic (exact) mass is 326 g/mol. The molecular weight excluding hydrogens is 316 g/mol. The van der Waals surface area contributed by atoms with E-state index in [-0.39, 0.29) is 16.9 Å². The highest BCUT2D eigenvalue weighted by Gasteiger charge is 2.22. The van der Waals surface area contributed by atoms with Crippen molar-refractivity contribution >= 4 is 39.7 Å². The summed E-state index contributed by atoms with van der Waals surface area (Å²) in [5, 5.41) is 17.7. The number of Topliss-reactive ketones (excluding diaryl/α,β-unsaturated/α-hetero) is 1. The summed E-state index contributed by atoms with van der Waals surface area (Å²) in [4.78, 5) is 32.3. The fourth-order valence-electron chi connectivity index (χ4n) is 1.56. The molecule has 0 saturated carbocycles. The number of benzene rings is 1. The SMILES string of the molecule is CC(=O)C(Br)c1c(C=CC(=O)O)cccc1C(=O)O. The number of alkyl halides is 1. The average molecular weight is 327 g/mol. The molecule has 0 aliphatic rings. The van der Waals surface area contributed by atoms with Crippen LogP contribution in [0, 0.1) is 0 Å². The van der Waals surface area contributed by atoms with E-state index in [1.165, 1.54) is 25.1 Å². The Labute approximate surface area is 117 Å². The van der Waals surface area contributed by atoms with Gasteiger partial charge in [-0.3, -0.25) is 4.79 Å². The van der Waals surface area contributed by atoms with Crippen molar-refractivity contribution in [1.29, 1.82) is 0 Å². The van der Waals surface area contributed by atoms with Crippen molar-refractivity contribution in [3.63, 3.8) is 0 Å². The smallest absolute Gasteiger partial charge is 0.336 e. The molecule has 0 aliphatic carbocycles. The van der Waals surface area contributed by atoms with E-state index in [9.17, 15) is 14.4 Å². The number of carbonyl (C=O) groups excluding carboxylic acids is 1. The van der Waals surface area contributed by atoms with Crippen LogP contribution in [0.3, 0.4) is 0 Å². The van der Waals surface area contributed by atoms with Crippen molar-refractivity contribution in [3.8, 4) is 0 Å². The maximum absolute atomic E-state index is 11.4. The summed E-state index contributed by atoms with van der Waals surface area (Å²) < 4.78 is 0. The third-order valence-corrected chi connectivity index (χ3v) is 3.49. The van der Waals surface area contributed by atoms with Crippen LogP contribution in [0.15, 0.2) is 24.3 Å². The lowest BCUT2D eigenvalue weighted by atomic mass is 9.96. The van der Waals surface area contributed by atoms with Crippen LogP contribution in [0.4, 0.5) is 0 Å². The Morgan fingerprint density at radius 1 is 1.26 bits per heavy atom. The van der Waals surface area contributed by atoms with Crippen LogP contribution in [0.1, 0.15) is 33.2 Å². The number of hydrogen-bond donors (Lipinski definition) is 2. The normalized spacial score (nSPS) is 12.3. The Morgan fingerprint density at radius 3 is 2.37 bits per heavy atom. The van der Waals surface area contributed by atoms with Gasteiger partial charge >= 0.3 is 11.9 Å². The molecule has 1 unspecified atom stereocenters. The molecule has 0 heterocycles. The van der Waals surface area contributed by atoms with E-state index in [2.05, 4.69) is 15.9 Å². The van der Waals surface area contributed by atoms with Gasteiger partial charge in [-0.15, -0.1) is 0 Å². The van der Waals surface area contributed by atoms with Crippen molar-refractivity contribution in [2.45, 2.75) is 11.8 Å². The maximum Gasteiger partial charge on any atom is 0.336 e. The molecule has 19 heavy (non-hydrogen) atoms. The van der Waals surface area contributed by atoms with E-state index < -0.39 is 16.8 Å². The molecule has 0 radical (unpaired) electrons. The lowest BCUT2D eigenvalue weighted by Crippen LogP contribution is -2.10. The first kappa shape index (κ1) is 15.1. The third kappa shape index (κ3) is 3.75. The Balaban J connectivity index is 3.46. The summed E-state index contributed by atoms with van der Waals surface area (Å²) in [5.41, 5.74) is 0.587. The fourth-order valence-corrected chi connectivity index (χ4v) is 2.07. The average Bonchev–Trinajstić information content (AvgIpc) is 2.34. The minimum absolute atomic E-state index is 0.0374. The van der Waals surface area contributed by atoms with Crippen LogP contribution < -0.4 is 0 Å². The molecule has 0 aromatic heterocycles. The second-order valence-electron chi connectivity index (χ2n) is 3.76. The number of carboxylic acids is 2. The maximum atomic E-state index is 11.4. The highest BCUT2D eigenvalue weighted by Crippen LogP contribution is 2.31. The van der Waals surface area contributed by atoms with Crippen molar-refractivity contribution in [3.05, 3.63) is 41.0 Å². The molecule has 0 fully saturated rings. The van der Waals surface area contributed by atoms with E-state index >= 15 is 0 Å². The molecule has 0 saturated heterocycles. The van der Waals surface area contributed by atoms with Crippen molar-refractivity contribution in [1.82, 2.24) is 0 Å². The highest BCUT2D eigenvalue weighted by molar-refractivity contribution is 9.09. The van der Waals surface area contributed by atoms with Crippen LogP contribution in [0.2, 0.25) is 0 Å². The predicted octanol–water partition coefficient (Wildman–Crippen LogP) is 2.51. The second-order valence-corrected chi connectivity index (χ2v) is 4.67. The van der Waals surface area contributed by atoms with Gasteiger partial charge in [0.05, 0.1) is 10.4 Å². The first-order valence-electron chi connectivity index (χ1n) is 5.26. The quantitative estimate of drug-likeness (QED) is 0.640. The third-order valence-electron chi connectivity index (χ3n) is 2.39. The minimum Gasteiger partial charge on any atom is -0.478 e. The molecule has 1 rings (SSSR count). The van der Waals surface area contributed by atoms with Crippen LogP contribution in [0.5, 0.6) is 0 Å². The number of aliphatic carboxylic acids is 1. The molecule has 0 aliphatic heterocycles. The highest BCUT2D eigenvalue weighted by atomic mass is 79.9. The van der Waals surface area contributed by atoms with Gasteiger partial charge in [-0.2, -0.15) is 0 Å². The van der Waals surface area contributed by atoms with Crippen molar-refractivity contribution < 1.29 is 24.6 Å². The molecule has 1 atom stereocenters. The number of carboxylic acid groups (broad SMARTS) is 2. The van der Waals surface area contributed by atoms with Gasteiger partial charge < -0.3 is 10.2 Å². The van der Waals surface area contributed by atoms with E-state index in [1.54, 1.807) is 6.07 Å². The topological polar surface area (TPSA) is 91.7 Å². The van der Waals surface area contributed by atoms with Gasteiger partial charge in [0.25, 0.3) is 0 Å². The zero-order chi connectivity index (χ0) is 14.6. The van der Waals surface area contributed by atoms with Crippen LogP contribution in [-0.4, -0.2) is 27.9 Å². The first-order chi connectivity index (χ1) is 8.84. The molecule has 6 heteroatoms. The van der Waals surface area contributed by atoms with Crippen LogP contribution in [-0.2, 0) is 9.59 Å². The van der Waals surface area contributed by atoms with Gasteiger partial charge in [-0.05, 0) is 30.2 Å². The lowest BCUT2D eigenvalue weighted by Gasteiger charge is -2.13. The molecule has 100 valence electrons. The molecule has 0 amide bonds. The largest absolute Gasteiger partial charge is 0.478 e.